The van der Waals surface area contributed by atoms with E-state index in [4.69, 9.17) is 30.0 Å². The first-order chi connectivity index (χ1) is 8.27. The van der Waals surface area contributed by atoms with Crippen LogP contribution >= 0.6 is 0 Å². The second-order valence-electron chi connectivity index (χ2n) is 3.70. The molecule has 0 aliphatic heterocycles. The second-order valence-corrected chi connectivity index (χ2v) is 3.70. The Balaban J connectivity index is -0.000000233. The van der Waals surface area contributed by atoms with E-state index in [0.29, 0.717) is 6.42 Å². The Morgan fingerprint density at radius 3 is 1.67 bits per heavy atom. The van der Waals surface area contributed by atoms with E-state index in [1.54, 1.807) is 0 Å². The van der Waals surface area contributed by atoms with E-state index >= 15 is 0 Å². The molecule has 0 radical (unpaired) electrons. The molecule has 0 saturated heterocycles. The summed E-state index contributed by atoms with van der Waals surface area (Å²) in [7, 11) is 0. The van der Waals surface area contributed by atoms with Gasteiger partial charge in [0.1, 0.15) is 0 Å². The molecule has 0 aromatic carbocycles. The van der Waals surface area contributed by atoms with E-state index in [0.717, 1.165) is 26.7 Å². The molecule has 0 spiro atoms. The summed E-state index contributed by atoms with van der Waals surface area (Å²) in [6, 6.07) is 0. The van der Waals surface area contributed by atoms with Gasteiger partial charge in [0, 0.05) is 20.5 Å². The lowest BCUT2D eigenvalue weighted by molar-refractivity contribution is -0.135. The largest absolute Gasteiger partial charge is 0.481 e. The van der Waals surface area contributed by atoms with Gasteiger partial charge in [-0.25, -0.2) is 0 Å². The van der Waals surface area contributed by atoms with E-state index in [1.807, 2.05) is 0 Å². The maximum Gasteiger partial charge on any atom is 0.300 e. The van der Waals surface area contributed by atoms with Gasteiger partial charge in [-0.1, -0.05) is 26.2 Å². The zero-order chi connectivity index (χ0) is 15.0. The molecule has 4 N–H and O–H groups in total. The molecule has 0 fully saturated rings. The van der Waals surface area contributed by atoms with Crippen LogP contribution in [0.5, 0.6) is 0 Å². The van der Waals surface area contributed by atoms with Gasteiger partial charge in [-0.05, 0) is 12.8 Å². The van der Waals surface area contributed by atoms with Gasteiger partial charge >= 0.3 is 0 Å². The highest BCUT2D eigenvalue weighted by Crippen LogP contribution is 2.05. The minimum Gasteiger partial charge on any atom is -0.481 e. The van der Waals surface area contributed by atoms with Crippen LogP contribution in [0.2, 0.25) is 0 Å². The predicted octanol–water partition coefficient (Wildman–Crippen LogP) is 1.49. The fraction of sp³-hybridized carbons (Fsp3) is 0.833. The molecule has 0 heterocycles. The van der Waals surface area contributed by atoms with E-state index in [-0.39, 0.29) is 12.7 Å². The lowest BCUT2D eigenvalue weighted by Crippen LogP contribution is -2.07. The summed E-state index contributed by atoms with van der Waals surface area (Å²) in [4.78, 5) is 18.0. The van der Waals surface area contributed by atoms with Crippen molar-refractivity contribution in [2.45, 2.75) is 59.0 Å². The molecule has 110 valence electrons. The van der Waals surface area contributed by atoms with E-state index in [2.05, 4.69) is 6.92 Å². The van der Waals surface area contributed by atoms with Crippen molar-refractivity contribution in [3.8, 4) is 0 Å². The molecule has 0 saturated carbocycles. The topological polar surface area (TPSA) is 115 Å². The molecule has 6 nitrogen and oxygen atoms in total. The summed E-state index contributed by atoms with van der Waals surface area (Å²) in [5.41, 5.74) is 0. The van der Waals surface area contributed by atoms with Crippen molar-refractivity contribution in [2.75, 3.05) is 6.61 Å². The molecule has 1 atom stereocenters. The number of aliphatic carboxylic acids is 2. The number of hydrogen-bond donors (Lipinski definition) is 4. The van der Waals surface area contributed by atoms with Crippen molar-refractivity contribution < 1.29 is 30.0 Å². The normalized spacial score (nSPS) is 10.3. The quantitative estimate of drug-likeness (QED) is 0.541. The summed E-state index contributed by atoms with van der Waals surface area (Å²) in [5.74, 6) is -1.67. The highest BCUT2D eigenvalue weighted by molar-refractivity contribution is 5.63. The van der Waals surface area contributed by atoms with Crippen LogP contribution in [0.3, 0.4) is 0 Å². The van der Waals surface area contributed by atoms with E-state index in [9.17, 15) is 0 Å². The van der Waals surface area contributed by atoms with Crippen molar-refractivity contribution in [1.29, 1.82) is 0 Å². The highest BCUT2D eigenvalue weighted by atomic mass is 16.4. The van der Waals surface area contributed by atoms with Crippen molar-refractivity contribution in [3.05, 3.63) is 0 Å². The van der Waals surface area contributed by atoms with Crippen molar-refractivity contribution in [2.24, 2.45) is 0 Å². The van der Waals surface area contributed by atoms with Crippen LogP contribution < -0.4 is 0 Å². The van der Waals surface area contributed by atoms with Crippen LogP contribution in [0.4, 0.5) is 0 Å². The Hall–Kier alpha value is -1.14. The van der Waals surface area contributed by atoms with Crippen LogP contribution in [0.1, 0.15) is 52.9 Å². The second kappa shape index (κ2) is 18.2. The Bertz CT molecular complexity index is 173. The average Bonchev–Trinajstić information content (AvgIpc) is 2.16. The molecule has 0 aromatic rings. The van der Waals surface area contributed by atoms with Crippen LogP contribution in [-0.2, 0) is 9.59 Å². The van der Waals surface area contributed by atoms with Gasteiger partial charge in [0.15, 0.2) is 0 Å². The van der Waals surface area contributed by atoms with Crippen molar-refractivity contribution in [1.82, 2.24) is 0 Å². The van der Waals surface area contributed by atoms with Crippen LogP contribution in [0.25, 0.3) is 0 Å². The summed E-state index contributed by atoms with van der Waals surface area (Å²) >= 11 is 0. The number of unbranched alkanes of at least 4 members (excludes halogenated alkanes) is 2. The number of hydrogen-bond acceptors (Lipinski definition) is 4. The first-order valence-corrected chi connectivity index (χ1v) is 5.95. The highest BCUT2D eigenvalue weighted by Gasteiger charge is 2.00. The zero-order valence-electron chi connectivity index (χ0n) is 11.4. The minimum atomic E-state index is -0.833. The molecule has 0 rings (SSSR count). The maximum atomic E-state index is 9.12. The number of carboxylic acid groups (broad SMARTS) is 2. The molecule has 0 aromatic heterocycles. The SMILES string of the molecule is CC(=O)O.CC(=O)O.CCCCC[C@H](O)CCO. The van der Waals surface area contributed by atoms with Crippen molar-refractivity contribution in [3.63, 3.8) is 0 Å². The Morgan fingerprint density at radius 1 is 1.00 bits per heavy atom. The molecular weight excluding hydrogens is 240 g/mol. The number of carboxylic acids is 2. The number of carbonyl (C=O) groups is 2. The van der Waals surface area contributed by atoms with Gasteiger partial charge in [-0.15, -0.1) is 0 Å². The van der Waals surface area contributed by atoms with Crippen LogP contribution in [-0.4, -0.2) is 45.1 Å². The van der Waals surface area contributed by atoms with Gasteiger partial charge in [0.05, 0.1) is 6.10 Å². The average molecular weight is 266 g/mol. The third kappa shape index (κ3) is 60.7. The molecule has 18 heavy (non-hydrogen) atoms. The molecule has 6 heteroatoms. The van der Waals surface area contributed by atoms with Gasteiger partial charge in [0.25, 0.3) is 11.9 Å². The Kier molecular flexibility index (Phi) is 22.4. The Morgan fingerprint density at radius 2 is 1.39 bits per heavy atom. The first kappa shape index (κ1) is 22.1. The first-order valence-electron chi connectivity index (χ1n) is 5.95. The number of aliphatic hydroxyl groups is 2. The molecule has 0 aliphatic rings. The zero-order valence-corrected chi connectivity index (χ0v) is 11.4. The minimum absolute atomic E-state index is 0.104. The number of aliphatic hydroxyl groups excluding tert-OH is 2. The smallest absolute Gasteiger partial charge is 0.300 e. The molecule has 0 bridgehead atoms. The van der Waals surface area contributed by atoms with Gasteiger partial charge in [-0.3, -0.25) is 9.59 Å². The predicted molar refractivity (Wildman–Crippen MR) is 68.5 cm³/mol. The molecule has 0 amide bonds. The van der Waals surface area contributed by atoms with E-state index in [1.165, 1.54) is 12.8 Å². The standard InChI is InChI=1S/C8H18O2.2C2H4O2/c1-2-3-4-5-8(10)6-7-9;2*1-2(3)4/h8-10H,2-7H2,1H3;2*1H3,(H,3,4)/t8-;;/m0../s1. The summed E-state index contributed by atoms with van der Waals surface area (Å²) in [6.07, 6.45) is 4.54. The Labute approximate surface area is 108 Å². The lowest BCUT2D eigenvalue weighted by Gasteiger charge is -2.06. The molecule has 0 aliphatic carbocycles. The number of rotatable bonds is 6. The van der Waals surface area contributed by atoms with Gasteiger partial charge in [0.2, 0.25) is 0 Å². The maximum absolute atomic E-state index is 9.12. The summed E-state index contributed by atoms with van der Waals surface area (Å²) < 4.78 is 0. The van der Waals surface area contributed by atoms with Crippen LogP contribution in [0, 0.1) is 0 Å². The lowest BCUT2D eigenvalue weighted by atomic mass is 10.1. The van der Waals surface area contributed by atoms with Crippen LogP contribution in [0.15, 0.2) is 0 Å². The fourth-order valence-electron chi connectivity index (χ4n) is 0.923. The van der Waals surface area contributed by atoms with Gasteiger partial charge in [-0.2, -0.15) is 0 Å². The molecular formula is C12H26O6. The monoisotopic (exact) mass is 266 g/mol. The fourth-order valence-corrected chi connectivity index (χ4v) is 0.923. The summed E-state index contributed by atoms with van der Waals surface area (Å²) in [6.45, 7) is 4.41. The van der Waals surface area contributed by atoms with Gasteiger partial charge < -0.3 is 20.4 Å². The van der Waals surface area contributed by atoms with Crippen molar-refractivity contribution >= 4 is 11.9 Å². The third-order valence-electron chi connectivity index (χ3n) is 1.60. The third-order valence-corrected chi connectivity index (χ3v) is 1.60. The molecule has 0 unspecified atom stereocenters. The summed E-state index contributed by atoms with van der Waals surface area (Å²) in [5, 5.41) is 32.4. The van der Waals surface area contributed by atoms with E-state index < -0.39 is 11.9 Å².